The molecule has 0 aliphatic heterocycles. The number of carbonyl (C=O) groups is 5. The summed E-state index contributed by atoms with van der Waals surface area (Å²) >= 11 is 0. The lowest BCUT2D eigenvalue weighted by Crippen LogP contribution is -2.32. The van der Waals surface area contributed by atoms with E-state index in [4.69, 9.17) is 21.8 Å². The van der Waals surface area contributed by atoms with Gasteiger partial charge in [0.05, 0.1) is 6.26 Å². The summed E-state index contributed by atoms with van der Waals surface area (Å²) in [5.74, 6) is -2.05. The summed E-state index contributed by atoms with van der Waals surface area (Å²) in [7, 11) is -3.67. The van der Waals surface area contributed by atoms with E-state index in [9.17, 15) is 48.0 Å². The summed E-state index contributed by atoms with van der Waals surface area (Å²) in [6, 6.07) is 0. The van der Waals surface area contributed by atoms with Crippen LogP contribution in [0.25, 0.3) is 0 Å². The Morgan fingerprint density at radius 1 is 0.519 bits per heavy atom. The average Bonchev–Trinajstić information content (AvgIpc) is 3.11. The van der Waals surface area contributed by atoms with Crippen molar-refractivity contribution in [2.24, 2.45) is 17.2 Å². The molecule has 0 aliphatic rings. The van der Waals surface area contributed by atoms with Crippen molar-refractivity contribution < 1.29 is 52.6 Å². The van der Waals surface area contributed by atoms with E-state index in [-0.39, 0.29) is 57.1 Å². The highest BCUT2D eigenvalue weighted by atomic mass is 32.2. The third-order valence-corrected chi connectivity index (χ3v) is 7.00. The number of nitrogens with two attached hydrogens (primary N) is 3. The van der Waals surface area contributed by atoms with Crippen molar-refractivity contribution in [1.29, 1.82) is 0 Å². The third kappa shape index (κ3) is 45.1. The molecule has 0 rings (SSSR count). The Morgan fingerprint density at radius 2 is 0.870 bits per heavy atom. The highest BCUT2D eigenvalue weighted by Crippen LogP contribution is 2.03. The molecule has 14 N–H and O–H groups in total. The van der Waals surface area contributed by atoms with Crippen molar-refractivity contribution in [2.75, 3.05) is 84.8 Å². The molecule has 0 aromatic heterocycles. The molecule has 22 heteroatoms. The van der Waals surface area contributed by atoms with E-state index in [0.29, 0.717) is 92.7 Å². The average molecular weight is 803 g/mol. The van der Waals surface area contributed by atoms with Gasteiger partial charge in [-0.05, 0) is 57.9 Å². The van der Waals surface area contributed by atoms with Gasteiger partial charge in [0, 0.05) is 105 Å². The van der Waals surface area contributed by atoms with E-state index in [0.717, 1.165) is 45.4 Å². The summed E-state index contributed by atoms with van der Waals surface area (Å²) in [6.07, 6.45) is 6.55. The first kappa shape index (κ1) is 55.3. The number of nitrogens with one attached hydrogen (secondary N) is 4. The van der Waals surface area contributed by atoms with Crippen LogP contribution in [0.3, 0.4) is 0 Å². The Balaban J connectivity index is -0.00000144. The lowest BCUT2D eigenvalue weighted by molar-refractivity contribution is -0.166. The standard InChI is InChI=1S/C25H48N6O8.C6H18N4.CH4O3S/c1-21(32)29(37)18-9-3-6-16-27-22(33)12-14-25(36)31(39)20-10-4-7-17-28-23(34)11-13-24(35)30(38)19-8-2-5-15-26;7-1-3-9-5-6-10-4-2-8;1-5(2,3)4/h37-39H,2-20,26H2,1H3,(H,27,33)(H,28,34);9-10H,1-8H2;1H3,(H,2,3,4). The van der Waals surface area contributed by atoms with Gasteiger partial charge in [-0.15, -0.1) is 0 Å². The zero-order valence-electron chi connectivity index (χ0n) is 32.3. The molecule has 0 aliphatic carbocycles. The van der Waals surface area contributed by atoms with Crippen LogP contribution in [0, 0.1) is 0 Å². The van der Waals surface area contributed by atoms with Crippen LogP contribution in [0.15, 0.2) is 0 Å². The van der Waals surface area contributed by atoms with E-state index < -0.39 is 27.8 Å². The van der Waals surface area contributed by atoms with Crippen LogP contribution in [-0.4, -0.2) is 158 Å². The molecule has 5 amide bonds. The lowest BCUT2D eigenvalue weighted by Gasteiger charge is -2.15. The van der Waals surface area contributed by atoms with Crippen LogP contribution >= 0.6 is 0 Å². The van der Waals surface area contributed by atoms with Crippen molar-refractivity contribution in [3.8, 4) is 0 Å². The van der Waals surface area contributed by atoms with Gasteiger partial charge in [0.2, 0.25) is 29.5 Å². The van der Waals surface area contributed by atoms with Gasteiger partial charge in [-0.2, -0.15) is 8.42 Å². The Labute approximate surface area is 320 Å². The monoisotopic (exact) mass is 802 g/mol. The second kappa shape index (κ2) is 38.2. The predicted molar refractivity (Wildman–Crippen MR) is 203 cm³/mol. The van der Waals surface area contributed by atoms with Gasteiger partial charge in [0.15, 0.2) is 0 Å². The molecule has 0 atom stereocenters. The van der Waals surface area contributed by atoms with E-state index in [2.05, 4.69) is 21.3 Å². The largest absolute Gasteiger partial charge is 0.356 e. The molecule has 21 nitrogen and oxygen atoms in total. The lowest BCUT2D eigenvalue weighted by atomic mass is 10.2. The summed E-state index contributed by atoms with van der Waals surface area (Å²) in [5.41, 5.74) is 15.9. The van der Waals surface area contributed by atoms with Crippen LogP contribution < -0.4 is 38.5 Å². The molecular weight excluding hydrogens is 732 g/mol. The molecular formula is C32H70N10O11S. The molecule has 54 heavy (non-hydrogen) atoms. The molecule has 0 bridgehead atoms. The number of rotatable bonds is 30. The first-order chi connectivity index (χ1) is 25.5. The minimum atomic E-state index is -3.67. The number of hydrogen-bond acceptors (Lipinski definition) is 15. The number of nitrogens with zero attached hydrogens (tertiary/aromatic N) is 3. The van der Waals surface area contributed by atoms with Crippen LogP contribution in [0.2, 0.25) is 0 Å². The van der Waals surface area contributed by atoms with E-state index in [1.807, 2.05) is 0 Å². The molecule has 0 saturated carbocycles. The van der Waals surface area contributed by atoms with E-state index in [1.165, 1.54) is 6.92 Å². The minimum absolute atomic E-state index is 0.0191. The number of hydroxylamine groups is 6. The highest BCUT2D eigenvalue weighted by molar-refractivity contribution is 7.85. The molecule has 0 aromatic rings. The molecule has 0 fully saturated rings. The molecule has 0 aromatic carbocycles. The van der Waals surface area contributed by atoms with Crippen LogP contribution in [0.5, 0.6) is 0 Å². The molecule has 0 unspecified atom stereocenters. The summed E-state index contributed by atoms with van der Waals surface area (Å²) in [4.78, 5) is 58.4. The minimum Gasteiger partial charge on any atom is -0.356 e. The van der Waals surface area contributed by atoms with Gasteiger partial charge in [-0.1, -0.05) is 6.42 Å². The SMILES string of the molecule is CC(=O)N(O)CCCCCNC(=O)CCC(=O)N(O)CCCCCNC(=O)CCC(=O)N(O)CCCCCN.CS(=O)(=O)O.NCCNCCNCCN. The molecule has 0 spiro atoms. The van der Waals surface area contributed by atoms with Crippen molar-refractivity contribution >= 4 is 39.7 Å². The summed E-state index contributed by atoms with van der Waals surface area (Å²) < 4.78 is 25.9. The Hall–Kier alpha value is -3.06. The Morgan fingerprint density at radius 3 is 1.20 bits per heavy atom. The van der Waals surface area contributed by atoms with E-state index in [1.54, 1.807) is 0 Å². The molecule has 0 heterocycles. The fourth-order valence-corrected chi connectivity index (χ4v) is 4.08. The first-order valence-corrected chi connectivity index (χ1v) is 20.3. The highest BCUT2D eigenvalue weighted by Gasteiger charge is 2.14. The van der Waals surface area contributed by atoms with E-state index >= 15 is 0 Å². The number of unbranched alkanes of at least 4 members (excludes halogenated alkanes) is 6. The number of hydrogen-bond donors (Lipinski definition) is 11. The second-order valence-corrected chi connectivity index (χ2v) is 13.6. The van der Waals surface area contributed by atoms with Gasteiger partial charge in [0.25, 0.3) is 10.1 Å². The number of amides is 5. The number of carbonyl (C=O) groups excluding carboxylic acids is 5. The fourth-order valence-electron chi connectivity index (χ4n) is 4.08. The normalized spacial score (nSPS) is 10.6. The fraction of sp³-hybridized carbons (Fsp3) is 0.844. The van der Waals surface area contributed by atoms with Crippen LogP contribution in [-0.2, 0) is 34.1 Å². The van der Waals surface area contributed by atoms with Gasteiger partial charge >= 0.3 is 0 Å². The maximum absolute atomic E-state index is 12.0. The van der Waals surface area contributed by atoms with Crippen LogP contribution in [0.4, 0.5) is 0 Å². The Bertz CT molecular complexity index is 1080. The Kier molecular flexibility index (Phi) is 39.1. The van der Waals surface area contributed by atoms with Crippen molar-refractivity contribution in [2.45, 2.75) is 90.4 Å². The van der Waals surface area contributed by atoms with Crippen molar-refractivity contribution in [3.63, 3.8) is 0 Å². The maximum atomic E-state index is 12.0. The van der Waals surface area contributed by atoms with Crippen molar-refractivity contribution in [1.82, 2.24) is 36.5 Å². The molecule has 320 valence electrons. The van der Waals surface area contributed by atoms with Gasteiger partial charge in [-0.3, -0.25) is 44.1 Å². The quantitative estimate of drug-likeness (QED) is 0.0171. The third-order valence-electron chi connectivity index (χ3n) is 7.00. The molecule has 0 saturated heterocycles. The van der Waals surface area contributed by atoms with Gasteiger partial charge in [0.1, 0.15) is 0 Å². The maximum Gasteiger partial charge on any atom is 0.261 e. The predicted octanol–water partition coefficient (Wildman–Crippen LogP) is -1.49. The zero-order valence-corrected chi connectivity index (χ0v) is 33.1. The van der Waals surface area contributed by atoms with Gasteiger partial charge in [-0.25, -0.2) is 15.2 Å². The summed E-state index contributed by atoms with van der Waals surface area (Å²) in [5, 5.41) is 42.4. The van der Waals surface area contributed by atoms with Crippen molar-refractivity contribution in [3.05, 3.63) is 0 Å². The smallest absolute Gasteiger partial charge is 0.261 e. The topological polar surface area (TPSA) is 336 Å². The first-order valence-electron chi connectivity index (χ1n) is 18.4. The zero-order chi connectivity index (χ0) is 41.6. The van der Waals surface area contributed by atoms with Crippen LogP contribution in [0.1, 0.15) is 90.4 Å². The van der Waals surface area contributed by atoms with Gasteiger partial charge < -0.3 is 38.5 Å². The summed E-state index contributed by atoms with van der Waals surface area (Å²) in [6.45, 7) is 8.35. The molecule has 0 radical (unpaired) electrons. The second-order valence-electron chi connectivity index (χ2n) is 12.2.